The number of hydrogen-bond acceptors (Lipinski definition) is 2. The molecule has 0 atom stereocenters. The van der Waals surface area contributed by atoms with Gasteiger partial charge in [0.2, 0.25) is 5.95 Å². The summed E-state index contributed by atoms with van der Waals surface area (Å²) in [5.74, 6) is -1.65. The molecule has 0 amide bonds. The zero-order valence-electron chi connectivity index (χ0n) is 9.36. The molecule has 2 nitrogen and oxygen atoms in total. The minimum absolute atomic E-state index is 0.103. The molecule has 0 bridgehead atoms. The van der Waals surface area contributed by atoms with Crippen molar-refractivity contribution in [1.82, 2.24) is 4.98 Å². The van der Waals surface area contributed by atoms with E-state index in [-0.39, 0.29) is 11.4 Å². The van der Waals surface area contributed by atoms with E-state index in [0.29, 0.717) is 0 Å². The normalized spacial score (nSPS) is 7.93. The highest BCUT2D eigenvalue weighted by Crippen LogP contribution is 2.10. The molecule has 2 N–H and O–H groups in total. The van der Waals surface area contributed by atoms with Gasteiger partial charge >= 0.3 is 0 Å². The predicted molar refractivity (Wildman–Crippen MR) is 56.0 cm³/mol. The van der Waals surface area contributed by atoms with E-state index >= 15 is 0 Å². The van der Waals surface area contributed by atoms with Gasteiger partial charge in [0.05, 0.1) is 0 Å². The van der Waals surface area contributed by atoms with Gasteiger partial charge in [-0.05, 0) is 6.92 Å². The van der Waals surface area contributed by atoms with Crippen molar-refractivity contribution in [2.75, 3.05) is 5.73 Å². The second-order valence-electron chi connectivity index (χ2n) is 1.94. The summed E-state index contributed by atoms with van der Waals surface area (Å²) in [6.45, 7) is 9.30. The van der Waals surface area contributed by atoms with E-state index in [9.17, 15) is 8.78 Å². The molecule has 0 aliphatic rings. The van der Waals surface area contributed by atoms with Crippen molar-refractivity contribution in [1.29, 1.82) is 0 Å². The number of nitrogens with two attached hydrogens (primary N) is 1. The average molecular weight is 204 g/mol. The van der Waals surface area contributed by atoms with Crippen LogP contribution in [0.15, 0.2) is 6.07 Å². The largest absolute Gasteiger partial charge is 0.384 e. The molecule has 1 heterocycles. The number of pyridine rings is 1. The molecule has 0 saturated heterocycles. The Morgan fingerprint density at radius 2 is 1.57 bits per heavy atom. The van der Waals surface area contributed by atoms with Crippen molar-refractivity contribution < 1.29 is 8.78 Å². The van der Waals surface area contributed by atoms with Crippen LogP contribution in [-0.2, 0) is 0 Å². The molecule has 0 unspecified atom stereocenters. The fraction of sp³-hybridized carbons (Fsp3) is 0.500. The van der Waals surface area contributed by atoms with Gasteiger partial charge in [-0.25, -0.2) is 9.37 Å². The first kappa shape index (κ1) is 15.3. The summed E-state index contributed by atoms with van der Waals surface area (Å²) in [5, 5.41) is 0. The summed E-state index contributed by atoms with van der Waals surface area (Å²) >= 11 is 0. The van der Waals surface area contributed by atoms with Gasteiger partial charge in [-0.3, -0.25) is 0 Å². The van der Waals surface area contributed by atoms with E-state index in [1.165, 1.54) is 6.92 Å². The first-order valence-electron chi connectivity index (χ1n) is 4.69. The average Bonchev–Trinajstić information content (AvgIpc) is 2.20. The third-order valence-electron chi connectivity index (χ3n) is 1.17. The van der Waals surface area contributed by atoms with Crippen molar-refractivity contribution in [2.45, 2.75) is 34.6 Å². The van der Waals surface area contributed by atoms with Crippen LogP contribution in [-0.4, -0.2) is 4.98 Å². The van der Waals surface area contributed by atoms with E-state index in [2.05, 4.69) is 4.98 Å². The van der Waals surface area contributed by atoms with Gasteiger partial charge in [-0.15, -0.1) is 0 Å². The van der Waals surface area contributed by atoms with Gasteiger partial charge in [-0.1, -0.05) is 27.7 Å². The van der Waals surface area contributed by atoms with Crippen LogP contribution in [0.5, 0.6) is 0 Å². The third kappa shape index (κ3) is 4.74. The van der Waals surface area contributed by atoms with Crippen LogP contribution in [0.25, 0.3) is 0 Å². The third-order valence-corrected chi connectivity index (χ3v) is 1.17. The summed E-state index contributed by atoms with van der Waals surface area (Å²) in [4.78, 5) is 3.21. The first-order valence-corrected chi connectivity index (χ1v) is 4.69. The molecule has 0 aromatic carbocycles. The van der Waals surface area contributed by atoms with E-state index in [1.807, 2.05) is 27.7 Å². The maximum Gasteiger partial charge on any atom is 0.220 e. The van der Waals surface area contributed by atoms with Crippen molar-refractivity contribution in [2.24, 2.45) is 0 Å². The predicted octanol–water partition coefficient (Wildman–Crippen LogP) is 3.30. The lowest BCUT2D eigenvalue weighted by atomic mass is 10.3. The molecule has 4 heteroatoms. The molecule has 0 aliphatic heterocycles. The molecule has 0 spiro atoms. The molecule has 14 heavy (non-hydrogen) atoms. The highest BCUT2D eigenvalue weighted by atomic mass is 19.1. The Labute approximate surface area is 84.2 Å². The molecule has 1 rings (SSSR count). The number of halogens is 2. The van der Waals surface area contributed by atoms with Crippen LogP contribution in [0.4, 0.5) is 14.6 Å². The number of nitrogens with zero attached hydrogens (tertiary/aromatic N) is 1. The number of aromatic nitrogens is 1. The number of rotatable bonds is 0. The summed E-state index contributed by atoms with van der Waals surface area (Å²) in [6, 6.07) is 0.985. The molecule has 1 aromatic rings. The number of nitrogen functional groups attached to an aromatic ring is 1. The Morgan fingerprint density at radius 3 is 1.93 bits per heavy atom. The quantitative estimate of drug-likeness (QED) is 0.658. The number of anilines is 1. The molecule has 0 aliphatic carbocycles. The topological polar surface area (TPSA) is 38.9 Å². The lowest BCUT2D eigenvalue weighted by Gasteiger charge is -1.97. The van der Waals surface area contributed by atoms with Crippen molar-refractivity contribution >= 4 is 5.82 Å². The van der Waals surface area contributed by atoms with E-state index in [4.69, 9.17) is 5.73 Å². The molecule has 0 saturated carbocycles. The van der Waals surface area contributed by atoms with Crippen LogP contribution >= 0.6 is 0 Å². The molecule has 0 radical (unpaired) electrons. The molecular weight excluding hydrogens is 186 g/mol. The smallest absolute Gasteiger partial charge is 0.220 e. The van der Waals surface area contributed by atoms with Crippen molar-refractivity contribution in [3.8, 4) is 0 Å². The lowest BCUT2D eigenvalue weighted by molar-refractivity contribution is 0.540. The Kier molecular flexibility index (Phi) is 9.18. The maximum absolute atomic E-state index is 12.5. The fourth-order valence-corrected chi connectivity index (χ4v) is 0.566. The minimum Gasteiger partial charge on any atom is -0.384 e. The lowest BCUT2D eigenvalue weighted by Crippen LogP contribution is -1.98. The van der Waals surface area contributed by atoms with Gasteiger partial charge in [0.15, 0.2) is 0 Å². The fourth-order valence-electron chi connectivity index (χ4n) is 0.566. The first-order chi connectivity index (χ1) is 6.61. The van der Waals surface area contributed by atoms with Crippen LogP contribution < -0.4 is 5.73 Å². The second-order valence-corrected chi connectivity index (χ2v) is 1.94. The van der Waals surface area contributed by atoms with E-state index in [0.717, 1.165) is 6.07 Å². The van der Waals surface area contributed by atoms with Gasteiger partial charge < -0.3 is 5.73 Å². The van der Waals surface area contributed by atoms with Crippen LogP contribution in [0.1, 0.15) is 33.3 Å². The second kappa shape index (κ2) is 8.41. The van der Waals surface area contributed by atoms with Crippen LogP contribution in [0.2, 0.25) is 0 Å². The van der Waals surface area contributed by atoms with E-state index < -0.39 is 11.8 Å². The van der Waals surface area contributed by atoms with E-state index in [1.54, 1.807) is 0 Å². The van der Waals surface area contributed by atoms with Crippen LogP contribution in [0, 0.1) is 18.7 Å². The monoisotopic (exact) mass is 204 g/mol. The Bertz CT molecular complexity index is 239. The van der Waals surface area contributed by atoms with Crippen LogP contribution in [0.3, 0.4) is 0 Å². The molecule has 1 aromatic heterocycles. The van der Waals surface area contributed by atoms with Gasteiger partial charge in [0.25, 0.3) is 0 Å². The Morgan fingerprint density at radius 1 is 1.14 bits per heavy atom. The van der Waals surface area contributed by atoms with Gasteiger partial charge in [0, 0.05) is 11.6 Å². The molecule has 82 valence electrons. The van der Waals surface area contributed by atoms with Gasteiger partial charge in [0.1, 0.15) is 11.6 Å². The number of hydrogen-bond donors (Lipinski definition) is 1. The highest BCUT2D eigenvalue weighted by molar-refractivity contribution is 5.30. The van der Waals surface area contributed by atoms with Crippen molar-refractivity contribution in [3.63, 3.8) is 0 Å². The summed E-state index contributed by atoms with van der Waals surface area (Å²) in [6.07, 6.45) is 0. The Hall–Kier alpha value is -1.19. The summed E-state index contributed by atoms with van der Waals surface area (Å²) < 4.78 is 24.9. The zero-order valence-corrected chi connectivity index (χ0v) is 9.36. The molecule has 0 fully saturated rings. The Balaban J connectivity index is 0. The SMILES string of the molecule is CC.CC.Cc1c(F)cc(N)nc1F. The summed E-state index contributed by atoms with van der Waals surface area (Å²) in [7, 11) is 0. The minimum atomic E-state index is -0.850. The molecular formula is C10H18F2N2. The van der Waals surface area contributed by atoms with Gasteiger partial charge in [-0.2, -0.15) is 4.39 Å². The summed E-state index contributed by atoms with van der Waals surface area (Å²) in [5.41, 5.74) is 4.93. The maximum atomic E-state index is 12.5. The standard InChI is InChI=1S/C6H6F2N2.2C2H6/c1-3-4(7)2-5(9)10-6(3)8;2*1-2/h2H,1H3,(H2,9,10);2*1-2H3. The zero-order chi connectivity index (χ0) is 11.7. The highest BCUT2D eigenvalue weighted by Gasteiger charge is 2.05. The van der Waals surface area contributed by atoms with Crippen molar-refractivity contribution in [3.05, 3.63) is 23.4 Å².